The van der Waals surface area contributed by atoms with Gasteiger partial charge in [-0.2, -0.15) is 0 Å². The molecule has 0 saturated heterocycles. The molecule has 0 N–H and O–H groups in total. The van der Waals surface area contributed by atoms with Gasteiger partial charge in [-0.15, -0.1) is 0 Å². The Hall–Kier alpha value is -1.84. The van der Waals surface area contributed by atoms with Crippen molar-refractivity contribution in [2.24, 2.45) is 0 Å². The summed E-state index contributed by atoms with van der Waals surface area (Å²) in [5, 5.41) is 0. The second-order valence-electron chi connectivity index (χ2n) is 3.54. The summed E-state index contributed by atoms with van der Waals surface area (Å²) < 4.78 is 10.1. The molecule has 0 aliphatic heterocycles. The summed E-state index contributed by atoms with van der Waals surface area (Å²) in [5.41, 5.74) is 1.49. The minimum atomic E-state index is -0.442. The van der Waals surface area contributed by atoms with Crippen LogP contribution in [0.2, 0.25) is 0 Å². The van der Waals surface area contributed by atoms with Crippen LogP contribution in [-0.2, 0) is 9.59 Å². The first kappa shape index (κ1) is 12.2. The van der Waals surface area contributed by atoms with E-state index >= 15 is 0 Å². The Morgan fingerprint density at radius 1 is 0.875 bits per heavy atom. The first-order valence-corrected chi connectivity index (χ1v) is 4.89. The predicted molar refractivity (Wildman–Crippen MR) is 58.5 cm³/mol. The van der Waals surface area contributed by atoms with Crippen LogP contribution < -0.4 is 9.47 Å². The Morgan fingerprint density at radius 2 is 1.19 bits per heavy atom. The van der Waals surface area contributed by atoms with Gasteiger partial charge in [-0.3, -0.25) is 9.59 Å². The van der Waals surface area contributed by atoms with Gasteiger partial charge in [0, 0.05) is 13.8 Å². The van der Waals surface area contributed by atoms with E-state index in [0.717, 1.165) is 11.1 Å². The fourth-order valence-corrected chi connectivity index (χ4v) is 1.30. The van der Waals surface area contributed by atoms with Gasteiger partial charge in [-0.1, -0.05) is 12.1 Å². The average molecular weight is 222 g/mol. The highest BCUT2D eigenvalue weighted by Gasteiger charge is 2.15. The molecular formula is C12H14O4. The summed E-state index contributed by atoms with van der Waals surface area (Å²) in [7, 11) is 0. The van der Waals surface area contributed by atoms with E-state index in [1.807, 2.05) is 0 Å². The normalized spacial score (nSPS) is 9.75. The molecule has 1 rings (SSSR count). The standard InChI is InChI=1S/C12H14O4/c1-7-5-6-8(2)12(16-10(4)14)11(7)15-9(3)13/h5-6H,1-4H3. The van der Waals surface area contributed by atoms with Crippen LogP contribution in [-0.4, -0.2) is 11.9 Å². The number of benzene rings is 1. The van der Waals surface area contributed by atoms with Crippen LogP contribution >= 0.6 is 0 Å². The highest BCUT2D eigenvalue weighted by molar-refractivity contribution is 5.75. The average Bonchev–Trinajstić information content (AvgIpc) is 2.16. The molecule has 1 aromatic rings. The minimum absolute atomic E-state index is 0.308. The molecule has 0 fully saturated rings. The van der Waals surface area contributed by atoms with Crippen molar-refractivity contribution in [2.45, 2.75) is 27.7 Å². The zero-order valence-electron chi connectivity index (χ0n) is 9.79. The van der Waals surface area contributed by atoms with Gasteiger partial charge >= 0.3 is 11.9 Å². The van der Waals surface area contributed by atoms with Crippen LogP contribution in [0, 0.1) is 13.8 Å². The Bertz CT molecular complexity index is 394. The summed E-state index contributed by atoms with van der Waals surface area (Å²) in [6.45, 7) is 6.17. The van der Waals surface area contributed by atoms with Crippen molar-refractivity contribution < 1.29 is 19.1 Å². The highest BCUT2D eigenvalue weighted by Crippen LogP contribution is 2.34. The maximum absolute atomic E-state index is 11.0. The van der Waals surface area contributed by atoms with Crippen LogP contribution in [0.15, 0.2) is 12.1 Å². The summed E-state index contributed by atoms with van der Waals surface area (Å²) in [6, 6.07) is 3.61. The fourth-order valence-electron chi connectivity index (χ4n) is 1.30. The van der Waals surface area contributed by atoms with Gasteiger partial charge in [0.2, 0.25) is 0 Å². The number of rotatable bonds is 2. The molecule has 0 aliphatic rings. The molecule has 0 amide bonds. The minimum Gasteiger partial charge on any atom is -0.422 e. The van der Waals surface area contributed by atoms with Gasteiger partial charge in [0.15, 0.2) is 11.5 Å². The van der Waals surface area contributed by atoms with Crippen LogP contribution in [0.25, 0.3) is 0 Å². The van der Waals surface area contributed by atoms with Gasteiger partial charge in [0.25, 0.3) is 0 Å². The van der Waals surface area contributed by atoms with Crippen LogP contribution in [0.4, 0.5) is 0 Å². The number of hydrogen-bond donors (Lipinski definition) is 0. The fraction of sp³-hybridized carbons (Fsp3) is 0.333. The maximum Gasteiger partial charge on any atom is 0.308 e. The SMILES string of the molecule is CC(=O)Oc1c(C)ccc(C)c1OC(C)=O. The van der Waals surface area contributed by atoms with Crippen LogP contribution in [0.5, 0.6) is 11.5 Å². The van der Waals surface area contributed by atoms with Crippen LogP contribution in [0.1, 0.15) is 25.0 Å². The molecule has 0 aromatic heterocycles. The lowest BCUT2D eigenvalue weighted by Gasteiger charge is -2.13. The smallest absolute Gasteiger partial charge is 0.308 e. The molecule has 0 spiro atoms. The van der Waals surface area contributed by atoms with Crippen molar-refractivity contribution in [2.75, 3.05) is 0 Å². The van der Waals surface area contributed by atoms with Crippen molar-refractivity contribution in [1.82, 2.24) is 0 Å². The molecule has 0 heterocycles. The van der Waals surface area contributed by atoms with Crippen molar-refractivity contribution in [3.63, 3.8) is 0 Å². The molecule has 0 radical (unpaired) electrons. The Labute approximate surface area is 94.2 Å². The number of aryl methyl sites for hydroxylation is 2. The molecule has 0 unspecified atom stereocenters. The predicted octanol–water partition coefficient (Wildman–Crippen LogP) is 2.15. The van der Waals surface area contributed by atoms with E-state index in [9.17, 15) is 9.59 Å². The zero-order valence-corrected chi connectivity index (χ0v) is 9.79. The summed E-state index contributed by atoms with van der Waals surface area (Å²) in [6.07, 6.45) is 0. The topological polar surface area (TPSA) is 52.6 Å². The number of hydrogen-bond acceptors (Lipinski definition) is 4. The van der Waals surface area contributed by atoms with Crippen molar-refractivity contribution in [3.8, 4) is 11.5 Å². The lowest BCUT2D eigenvalue weighted by Crippen LogP contribution is -2.09. The lowest BCUT2D eigenvalue weighted by molar-refractivity contribution is -0.134. The molecule has 0 saturated carbocycles. The van der Waals surface area contributed by atoms with E-state index in [1.165, 1.54) is 13.8 Å². The third-order valence-electron chi connectivity index (χ3n) is 2.00. The Balaban J connectivity index is 3.24. The van der Waals surface area contributed by atoms with Gasteiger partial charge in [-0.25, -0.2) is 0 Å². The third-order valence-corrected chi connectivity index (χ3v) is 2.00. The number of carbonyl (C=O) groups is 2. The Kier molecular flexibility index (Phi) is 3.66. The molecule has 1 aromatic carbocycles. The van der Waals surface area contributed by atoms with Gasteiger partial charge in [0.1, 0.15) is 0 Å². The first-order valence-electron chi connectivity index (χ1n) is 4.89. The molecule has 16 heavy (non-hydrogen) atoms. The number of ether oxygens (including phenoxy) is 2. The molecule has 0 bridgehead atoms. The first-order chi connectivity index (χ1) is 7.41. The molecule has 4 heteroatoms. The third kappa shape index (κ3) is 2.82. The quantitative estimate of drug-likeness (QED) is 0.568. The summed E-state index contributed by atoms with van der Waals surface area (Å²) in [5.74, 6) is -0.269. The van der Waals surface area contributed by atoms with E-state index in [4.69, 9.17) is 9.47 Å². The number of carbonyl (C=O) groups excluding carboxylic acids is 2. The van der Waals surface area contributed by atoms with Gasteiger partial charge in [-0.05, 0) is 25.0 Å². The van der Waals surface area contributed by atoms with Crippen molar-refractivity contribution in [3.05, 3.63) is 23.3 Å². The Morgan fingerprint density at radius 3 is 1.44 bits per heavy atom. The van der Waals surface area contributed by atoms with E-state index in [2.05, 4.69) is 0 Å². The monoisotopic (exact) mass is 222 g/mol. The molecule has 0 aliphatic carbocycles. The highest BCUT2D eigenvalue weighted by atomic mass is 16.6. The lowest BCUT2D eigenvalue weighted by atomic mass is 10.1. The van der Waals surface area contributed by atoms with Gasteiger partial charge < -0.3 is 9.47 Å². The van der Waals surface area contributed by atoms with E-state index in [0.29, 0.717) is 11.5 Å². The molecule has 4 nitrogen and oxygen atoms in total. The number of esters is 2. The van der Waals surface area contributed by atoms with Gasteiger partial charge in [0.05, 0.1) is 0 Å². The second-order valence-corrected chi connectivity index (χ2v) is 3.54. The van der Waals surface area contributed by atoms with Crippen molar-refractivity contribution in [1.29, 1.82) is 0 Å². The van der Waals surface area contributed by atoms with Crippen LogP contribution in [0.3, 0.4) is 0 Å². The summed E-state index contributed by atoms with van der Waals surface area (Å²) >= 11 is 0. The van der Waals surface area contributed by atoms with E-state index < -0.39 is 11.9 Å². The zero-order chi connectivity index (χ0) is 12.3. The largest absolute Gasteiger partial charge is 0.422 e. The second kappa shape index (κ2) is 4.79. The maximum atomic E-state index is 11.0. The summed E-state index contributed by atoms with van der Waals surface area (Å²) in [4.78, 5) is 21.9. The molecule has 0 atom stereocenters. The van der Waals surface area contributed by atoms with Crippen molar-refractivity contribution >= 4 is 11.9 Å². The van der Waals surface area contributed by atoms with E-state index in [1.54, 1.807) is 26.0 Å². The van der Waals surface area contributed by atoms with E-state index in [-0.39, 0.29) is 0 Å². The molecule has 86 valence electrons. The molecular weight excluding hydrogens is 208 g/mol.